The Balaban J connectivity index is 2.53. The number of nitriles is 1. The fraction of sp³-hybridized carbons (Fsp3) is 0.182. The highest BCUT2D eigenvalue weighted by molar-refractivity contribution is 5.86. The molecule has 1 heterocycles. The monoisotopic (exact) mass is 202 g/mol. The Bertz CT molecular complexity index is 511. The smallest absolute Gasteiger partial charge is 0.246 e. The van der Waals surface area contributed by atoms with Gasteiger partial charge in [-0.2, -0.15) is 5.26 Å². The minimum Gasteiger partial charge on any atom is -0.487 e. The third-order valence-electron chi connectivity index (χ3n) is 2.02. The maximum atomic E-state index is 8.86. The molecule has 76 valence electrons. The molecule has 0 spiro atoms. The van der Waals surface area contributed by atoms with E-state index in [0.29, 0.717) is 24.5 Å². The lowest BCUT2D eigenvalue weighted by Gasteiger charge is -2.00. The summed E-state index contributed by atoms with van der Waals surface area (Å²) in [7, 11) is 0. The number of benzene rings is 1. The van der Waals surface area contributed by atoms with Crippen molar-refractivity contribution in [3.8, 4) is 11.8 Å². The first-order chi connectivity index (χ1) is 7.36. The van der Waals surface area contributed by atoms with E-state index in [-0.39, 0.29) is 5.76 Å². The Kier molecular flexibility index (Phi) is 2.57. The first kappa shape index (κ1) is 9.56. The van der Waals surface area contributed by atoms with Crippen LogP contribution >= 0.6 is 0 Å². The number of nitrogens with zero attached hydrogens (tertiary/aromatic N) is 1. The lowest BCUT2D eigenvalue weighted by Crippen LogP contribution is -2.10. The number of furan rings is 1. The van der Waals surface area contributed by atoms with Crippen LogP contribution in [0.25, 0.3) is 11.0 Å². The Labute approximate surface area is 86.8 Å². The molecule has 2 aromatic rings. The Morgan fingerprint density at radius 2 is 2.20 bits per heavy atom. The number of rotatable bonds is 3. The summed E-state index contributed by atoms with van der Waals surface area (Å²) in [4.78, 5) is 0. The molecule has 0 atom stereocenters. The number of nitrogens with two attached hydrogens (primary N) is 1. The van der Waals surface area contributed by atoms with E-state index in [1.165, 1.54) is 0 Å². The summed E-state index contributed by atoms with van der Waals surface area (Å²) in [5.74, 6) is 0.684. The SMILES string of the molecule is N#Cc1oc2ccccc2c1OCCN. The summed E-state index contributed by atoms with van der Waals surface area (Å²) in [5.41, 5.74) is 6.00. The summed E-state index contributed by atoms with van der Waals surface area (Å²) in [5, 5.41) is 9.67. The zero-order valence-electron chi connectivity index (χ0n) is 8.06. The van der Waals surface area contributed by atoms with Gasteiger partial charge in [0, 0.05) is 6.54 Å². The molecule has 1 aromatic heterocycles. The molecule has 1 aromatic carbocycles. The van der Waals surface area contributed by atoms with Crippen LogP contribution in [-0.4, -0.2) is 13.2 Å². The zero-order valence-corrected chi connectivity index (χ0v) is 8.06. The van der Waals surface area contributed by atoms with E-state index in [2.05, 4.69) is 0 Å². The van der Waals surface area contributed by atoms with E-state index < -0.39 is 0 Å². The minimum absolute atomic E-state index is 0.199. The topological polar surface area (TPSA) is 72.2 Å². The highest BCUT2D eigenvalue weighted by Crippen LogP contribution is 2.32. The van der Waals surface area contributed by atoms with E-state index in [4.69, 9.17) is 20.1 Å². The van der Waals surface area contributed by atoms with Crippen molar-refractivity contribution in [1.82, 2.24) is 0 Å². The first-order valence-electron chi connectivity index (χ1n) is 4.61. The molecular weight excluding hydrogens is 192 g/mol. The summed E-state index contributed by atoms with van der Waals surface area (Å²) in [6, 6.07) is 9.33. The van der Waals surface area contributed by atoms with Crippen molar-refractivity contribution < 1.29 is 9.15 Å². The molecular formula is C11H10N2O2. The van der Waals surface area contributed by atoms with Crippen LogP contribution in [0.4, 0.5) is 0 Å². The fourth-order valence-corrected chi connectivity index (χ4v) is 1.40. The third-order valence-corrected chi connectivity index (χ3v) is 2.02. The molecule has 0 saturated heterocycles. The van der Waals surface area contributed by atoms with Gasteiger partial charge in [0.15, 0.2) is 5.75 Å². The highest BCUT2D eigenvalue weighted by Gasteiger charge is 2.14. The van der Waals surface area contributed by atoms with Crippen LogP contribution in [0.15, 0.2) is 28.7 Å². The molecule has 0 aliphatic heterocycles. The second kappa shape index (κ2) is 4.03. The summed E-state index contributed by atoms with van der Waals surface area (Å²) >= 11 is 0. The van der Waals surface area contributed by atoms with Gasteiger partial charge in [-0.05, 0) is 12.1 Å². The normalized spacial score (nSPS) is 10.1. The van der Waals surface area contributed by atoms with Crippen molar-refractivity contribution in [2.75, 3.05) is 13.2 Å². The molecule has 0 radical (unpaired) electrons. The van der Waals surface area contributed by atoms with Crippen molar-refractivity contribution in [2.45, 2.75) is 0 Å². The number of fused-ring (bicyclic) bond motifs is 1. The molecule has 15 heavy (non-hydrogen) atoms. The van der Waals surface area contributed by atoms with E-state index in [1.807, 2.05) is 24.3 Å². The van der Waals surface area contributed by atoms with Crippen LogP contribution in [0.1, 0.15) is 5.76 Å². The molecule has 0 fully saturated rings. The van der Waals surface area contributed by atoms with Gasteiger partial charge in [0.2, 0.25) is 5.76 Å². The molecule has 4 nitrogen and oxygen atoms in total. The lowest BCUT2D eigenvalue weighted by atomic mass is 10.2. The minimum atomic E-state index is 0.199. The zero-order chi connectivity index (χ0) is 10.7. The van der Waals surface area contributed by atoms with E-state index in [1.54, 1.807) is 6.07 Å². The molecule has 0 saturated carbocycles. The Morgan fingerprint density at radius 3 is 2.93 bits per heavy atom. The van der Waals surface area contributed by atoms with Gasteiger partial charge in [0.05, 0.1) is 5.39 Å². The highest BCUT2D eigenvalue weighted by atomic mass is 16.5. The van der Waals surface area contributed by atoms with Crippen molar-refractivity contribution in [3.63, 3.8) is 0 Å². The standard InChI is InChI=1S/C11H10N2O2/c12-5-6-14-11-8-3-1-2-4-9(8)15-10(11)7-13/h1-4H,5-6,12H2. The Morgan fingerprint density at radius 1 is 1.40 bits per heavy atom. The second-order valence-corrected chi connectivity index (χ2v) is 3.01. The average Bonchev–Trinajstić information content (AvgIpc) is 2.64. The molecule has 2 N–H and O–H groups in total. The number of hydrogen-bond acceptors (Lipinski definition) is 4. The molecule has 0 amide bonds. The van der Waals surface area contributed by atoms with Crippen LogP contribution < -0.4 is 10.5 Å². The van der Waals surface area contributed by atoms with Gasteiger partial charge in [-0.25, -0.2) is 0 Å². The summed E-state index contributed by atoms with van der Waals surface area (Å²) < 4.78 is 10.7. The van der Waals surface area contributed by atoms with Crippen LogP contribution in [-0.2, 0) is 0 Å². The molecule has 0 bridgehead atoms. The van der Waals surface area contributed by atoms with Crippen molar-refractivity contribution in [1.29, 1.82) is 5.26 Å². The van der Waals surface area contributed by atoms with E-state index in [0.717, 1.165) is 5.39 Å². The van der Waals surface area contributed by atoms with Gasteiger partial charge in [0.25, 0.3) is 0 Å². The third kappa shape index (κ3) is 1.65. The van der Waals surface area contributed by atoms with Crippen LogP contribution in [0.5, 0.6) is 5.75 Å². The Hall–Kier alpha value is -1.99. The maximum Gasteiger partial charge on any atom is 0.246 e. The average molecular weight is 202 g/mol. The molecule has 0 aliphatic rings. The van der Waals surface area contributed by atoms with Crippen molar-refractivity contribution in [3.05, 3.63) is 30.0 Å². The van der Waals surface area contributed by atoms with Crippen molar-refractivity contribution >= 4 is 11.0 Å². The molecule has 0 aliphatic carbocycles. The van der Waals surface area contributed by atoms with Gasteiger partial charge in [0.1, 0.15) is 18.3 Å². The number of hydrogen-bond donors (Lipinski definition) is 1. The van der Waals surface area contributed by atoms with Gasteiger partial charge in [-0.3, -0.25) is 0 Å². The van der Waals surface area contributed by atoms with Crippen molar-refractivity contribution in [2.24, 2.45) is 5.73 Å². The molecule has 4 heteroatoms. The van der Waals surface area contributed by atoms with Gasteiger partial charge in [-0.15, -0.1) is 0 Å². The van der Waals surface area contributed by atoms with Gasteiger partial charge >= 0.3 is 0 Å². The quantitative estimate of drug-likeness (QED) is 0.821. The maximum absolute atomic E-state index is 8.86. The first-order valence-corrected chi connectivity index (χ1v) is 4.61. The second-order valence-electron chi connectivity index (χ2n) is 3.01. The largest absolute Gasteiger partial charge is 0.487 e. The number of ether oxygens (including phenoxy) is 1. The summed E-state index contributed by atoms with van der Waals surface area (Å²) in [6.07, 6.45) is 0. The van der Waals surface area contributed by atoms with Crippen LogP contribution in [0.3, 0.4) is 0 Å². The van der Waals surface area contributed by atoms with Gasteiger partial charge < -0.3 is 14.9 Å². The fourth-order valence-electron chi connectivity index (χ4n) is 1.40. The summed E-state index contributed by atoms with van der Waals surface area (Å²) in [6.45, 7) is 0.780. The number of para-hydroxylation sites is 1. The van der Waals surface area contributed by atoms with E-state index in [9.17, 15) is 0 Å². The van der Waals surface area contributed by atoms with Gasteiger partial charge in [-0.1, -0.05) is 12.1 Å². The van der Waals surface area contributed by atoms with Crippen LogP contribution in [0.2, 0.25) is 0 Å². The van der Waals surface area contributed by atoms with Crippen LogP contribution in [0, 0.1) is 11.3 Å². The lowest BCUT2D eigenvalue weighted by molar-refractivity contribution is 0.325. The molecule has 2 rings (SSSR count). The van der Waals surface area contributed by atoms with E-state index >= 15 is 0 Å². The molecule has 0 unspecified atom stereocenters. The predicted octanol–water partition coefficient (Wildman–Crippen LogP) is 1.64. The predicted molar refractivity (Wildman–Crippen MR) is 55.5 cm³/mol.